The molecule has 122 valence electrons. The van der Waals surface area contributed by atoms with E-state index in [0.29, 0.717) is 11.5 Å². The van der Waals surface area contributed by atoms with Crippen LogP contribution in [-0.4, -0.2) is 28.5 Å². The van der Waals surface area contributed by atoms with E-state index in [1.807, 2.05) is 0 Å². The van der Waals surface area contributed by atoms with Crippen LogP contribution in [0.25, 0.3) is 0 Å². The third-order valence-corrected chi connectivity index (χ3v) is 5.22. The quantitative estimate of drug-likeness (QED) is 0.895. The first-order valence-corrected chi connectivity index (χ1v) is 8.75. The summed E-state index contributed by atoms with van der Waals surface area (Å²) in [5.41, 5.74) is 0. The van der Waals surface area contributed by atoms with Gasteiger partial charge in [-0.3, -0.25) is 4.79 Å². The Morgan fingerprint density at radius 3 is 2.32 bits per heavy atom. The molecule has 0 heterocycles. The third-order valence-electron chi connectivity index (χ3n) is 3.88. The number of methoxy groups -OCH3 is 2. The first kappa shape index (κ1) is 16.6. The van der Waals surface area contributed by atoms with E-state index >= 15 is 0 Å². The van der Waals surface area contributed by atoms with Gasteiger partial charge in [-0.25, -0.2) is 13.1 Å². The van der Waals surface area contributed by atoms with Gasteiger partial charge in [0.25, 0.3) is 10.0 Å². The molecule has 1 N–H and O–H groups in total. The monoisotopic (exact) mass is 327 g/mol. The Morgan fingerprint density at radius 1 is 1.09 bits per heavy atom. The van der Waals surface area contributed by atoms with E-state index in [4.69, 9.17) is 9.47 Å². The van der Waals surface area contributed by atoms with Gasteiger partial charge >= 0.3 is 0 Å². The Morgan fingerprint density at radius 2 is 1.73 bits per heavy atom. The van der Waals surface area contributed by atoms with Gasteiger partial charge in [0.05, 0.1) is 19.1 Å². The summed E-state index contributed by atoms with van der Waals surface area (Å²) >= 11 is 0. The molecule has 1 aromatic rings. The second-order valence-corrected chi connectivity index (χ2v) is 7.00. The van der Waals surface area contributed by atoms with Crippen molar-refractivity contribution in [2.45, 2.75) is 37.0 Å². The molecule has 0 atom stereocenters. The number of hydrogen-bond donors (Lipinski definition) is 1. The van der Waals surface area contributed by atoms with E-state index in [0.717, 1.165) is 32.1 Å². The van der Waals surface area contributed by atoms with E-state index < -0.39 is 15.9 Å². The van der Waals surface area contributed by atoms with E-state index in [2.05, 4.69) is 4.72 Å². The molecule has 1 aliphatic rings. The van der Waals surface area contributed by atoms with Crippen LogP contribution in [0.15, 0.2) is 23.1 Å². The average molecular weight is 327 g/mol. The zero-order valence-electron chi connectivity index (χ0n) is 12.8. The summed E-state index contributed by atoms with van der Waals surface area (Å²) in [6.07, 6.45) is 4.52. The summed E-state index contributed by atoms with van der Waals surface area (Å²) in [4.78, 5) is 12.1. The lowest BCUT2D eigenvalue weighted by molar-refractivity contribution is -0.124. The van der Waals surface area contributed by atoms with Gasteiger partial charge in [-0.2, -0.15) is 0 Å². The third kappa shape index (κ3) is 3.71. The normalized spacial score (nSPS) is 16.1. The minimum Gasteiger partial charge on any atom is -0.493 e. The molecule has 1 amide bonds. The van der Waals surface area contributed by atoms with E-state index in [9.17, 15) is 13.2 Å². The Kier molecular flexibility index (Phi) is 5.28. The van der Waals surface area contributed by atoms with Crippen molar-refractivity contribution < 1.29 is 22.7 Å². The number of nitrogens with one attached hydrogen (secondary N) is 1. The van der Waals surface area contributed by atoms with Crippen molar-refractivity contribution in [1.29, 1.82) is 0 Å². The van der Waals surface area contributed by atoms with Crippen molar-refractivity contribution in [3.05, 3.63) is 18.2 Å². The van der Waals surface area contributed by atoms with Gasteiger partial charge in [-0.1, -0.05) is 19.3 Å². The zero-order valence-corrected chi connectivity index (χ0v) is 13.6. The van der Waals surface area contributed by atoms with Crippen LogP contribution in [0.5, 0.6) is 11.5 Å². The molecule has 0 radical (unpaired) electrons. The standard InChI is InChI=1S/C15H21NO5S/c1-20-13-9-8-12(10-14(13)21-2)22(18,19)16-15(17)11-6-4-3-5-7-11/h8-11H,3-7H2,1-2H3,(H,16,17). The molecule has 0 unspecified atom stereocenters. The van der Waals surface area contributed by atoms with Crippen LogP contribution in [-0.2, 0) is 14.8 Å². The molecule has 0 aliphatic heterocycles. The molecule has 1 aliphatic carbocycles. The van der Waals surface area contributed by atoms with Crippen LogP contribution in [0, 0.1) is 5.92 Å². The largest absolute Gasteiger partial charge is 0.493 e. The predicted molar refractivity (Wildman–Crippen MR) is 81.4 cm³/mol. The number of sulfonamides is 1. The predicted octanol–water partition coefficient (Wildman–Crippen LogP) is 2.09. The number of carbonyl (C=O) groups is 1. The van der Waals surface area contributed by atoms with Gasteiger partial charge in [0.2, 0.25) is 5.91 Å². The molecule has 0 bridgehead atoms. The Hall–Kier alpha value is -1.76. The molecular weight excluding hydrogens is 306 g/mol. The van der Waals surface area contributed by atoms with Crippen LogP contribution in [0.1, 0.15) is 32.1 Å². The van der Waals surface area contributed by atoms with Crippen molar-refractivity contribution in [2.75, 3.05) is 14.2 Å². The van der Waals surface area contributed by atoms with E-state index in [-0.39, 0.29) is 10.8 Å². The number of rotatable bonds is 5. The molecule has 7 heteroatoms. The Balaban J connectivity index is 2.17. The average Bonchev–Trinajstić information content (AvgIpc) is 2.54. The molecule has 2 rings (SSSR count). The minimum atomic E-state index is -3.90. The zero-order chi connectivity index (χ0) is 16.2. The lowest BCUT2D eigenvalue weighted by Gasteiger charge is -2.20. The van der Waals surface area contributed by atoms with Crippen LogP contribution >= 0.6 is 0 Å². The fourth-order valence-corrected chi connectivity index (χ4v) is 3.68. The fraction of sp³-hybridized carbons (Fsp3) is 0.533. The second kappa shape index (κ2) is 7.00. The lowest BCUT2D eigenvalue weighted by atomic mass is 9.89. The van der Waals surface area contributed by atoms with E-state index in [1.165, 1.54) is 32.4 Å². The summed E-state index contributed by atoms with van der Waals surface area (Å²) in [5, 5.41) is 0. The summed E-state index contributed by atoms with van der Waals surface area (Å²) in [7, 11) is -1.01. The molecule has 0 saturated heterocycles. The fourth-order valence-electron chi connectivity index (χ4n) is 2.62. The summed E-state index contributed by atoms with van der Waals surface area (Å²) in [6, 6.07) is 4.23. The van der Waals surface area contributed by atoms with Gasteiger partial charge < -0.3 is 9.47 Å². The van der Waals surface area contributed by atoms with Gasteiger partial charge in [-0.15, -0.1) is 0 Å². The second-order valence-electron chi connectivity index (χ2n) is 5.32. The number of hydrogen-bond acceptors (Lipinski definition) is 5. The molecule has 0 spiro atoms. The summed E-state index contributed by atoms with van der Waals surface area (Å²) in [5.74, 6) is 0.0914. The van der Waals surface area contributed by atoms with Crippen LogP contribution in [0.4, 0.5) is 0 Å². The summed E-state index contributed by atoms with van der Waals surface area (Å²) in [6.45, 7) is 0. The van der Waals surface area contributed by atoms with Crippen LogP contribution in [0.2, 0.25) is 0 Å². The van der Waals surface area contributed by atoms with Gasteiger partial charge in [0, 0.05) is 12.0 Å². The van der Waals surface area contributed by atoms with Crippen molar-refractivity contribution in [3.8, 4) is 11.5 Å². The van der Waals surface area contributed by atoms with Crippen molar-refractivity contribution in [1.82, 2.24) is 4.72 Å². The maximum absolute atomic E-state index is 12.3. The van der Waals surface area contributed by atoms with Gasteiger partial charge in [0.15, 0.2) is 11.5 Å². The highest BCUT2D eigenvalue weighted by Gasteiger charge is 2.26. The van der Waals surface area contributed by atoms with Gasteiger partial charge in [0.1, 0.15) is 0 Å². The van der Waals surface area contributed by atoms with Crippen LogP contribution < -0.4 is 14.2 Å². The van der Waals surface area contributed by atoms with Crippen molar-refractivity contribution in [3.63, 3.8) is 0 Å². The summed E-state index contributed by atoms with van der Waals surface area (Å²) < 4.78 is 37.0. The molecular formula is C15H21NO5S. The molecule has 0 aromatic heterocycles. The van der Waals surface area contributed by atoms with Crippen molar-refractivity contribution in [2.24, 2.45) is 5.92 Å². The maximum Gasteiger partial charge on any atom is 0.264 e. The van der Waals surface area contributed by atoms with Crippen LogP contribution in [0.3, 0.4) is 0 Å². The SMILES string of the molecule is COc1ccc(S(=O)(=O)NC(=O)C2CCCCC2)cc1OC. The molecule has 6 nitrogen and oxygen atoms in total. The lowest BCUT2D eigenvalue weighted by Crippen LogP contribution is -2.36. The Labute approximate surface area is 130 Å². The van der Waals surface area contributed by atoms with Gasteiger partial charge in [-0.05, 0) is 25.0 Å². The highest BCUT2D eigenvalue weighted by atomic mass is 32.2. The number of carbonyl (C=O) groups excluding carboxylic acids is 1. The number of benzene rings is 1. The number of amides is 1. The first-order chi connectivity index (χ1) is 10.5. The van der Waals surface area contributed by atoms with Crippen molar-refractivity contribution >= 4 is 15.9 Å². The molecule has 1 aromatic carbocycles. The smallest absolute Gasteiger partial charge is 0.264 e. The first-order valence-electron chi connectivity index (χ1n) is 7.26. The molecule has 1 fully saturated rings. The highest BCUT2D eigenvalue weighted by Crippen LogP contribution is 2.30. The molecule has 22 heavy (non-hydrogen) atoms. The topological polar surface area (TPSA) is 81.7 Å². The minimum absolute atomic E-state index is 0.0192. The Bertz CT molecular complexity index is 635. The highest BCUT2D eigenvalue weighted by molar-refractivity contribution is 7.90. The maximum atomic E-state index is 12.3. The number of ether oxygens (including phenoxy) is 2. The molecule has 1 saturated carbocycles. The van der Waals surface area contributed by atoms with E-state index in [1.54, 1.807) is 0 Å².